The van der Waals surface area contributed by atoms with E-state index in [0.29, 0.717) is 5.02 Å². The lowest BCUT2D eigenvalue weighted by Gasteiger charge is -2.12. The van der Waals surface area contributed by atoms with E-state index in [1.165, 1.54) is 24.3 Å². The van der Waals surface area contributed by atoms with Crippen LogP contribution in [0.4, 0.5) is 0 Å². The number of hydrogen-bond acceptors (Lipinski definition) is 5. The molecule has 1 unspecified atom stereocenters. The SMILES string of the molecule is O=C(O)c1cc(OC(=O)C(O)c2ccc(Cl)cc2)cc(C(=O)O)c1. The summed E-state index contributed by atoms with van der Waals surface area (Å²) >= 11 is 5.71. The van der Waals surface area contributed by atoms with E-state index in [4.69, 9.17) is 26.6 Å². The predicted octanol–water partition coefficient (Wildman–Crippen LogP) is 2.38. The second-order valence-corrected chi connectivity index (χ2v) is 5.17. The van der Waals surface area contributed by atoms with Crippen molar-refractivity contribution in [1.29, 1.82) is 0 Å². The Morgan fingerprint density at radius 3 is 1.88 bits per heavy atom. The highest BCUT2D eigenvalue weighted by atomic mass is 35.5. The lowest BCUT2D eigenvalue weighted by atomic mass is 10.1. The highest BCUT2D eigenvalue weighted by Gasteiger charge is 2.21. The van der Waals surface area contributed by atoms with Gasteiger partial charge in [0, 0.05) is 5.02 Å². The normalized spacial score (nSPS) is 11.6. The molecule has 24 heavy (non-hydrogen) atoms. The largest absolute Gasteiger partial charge is 0.478 e. The standard InChI is InChI=1S/C16H11ClO7/c17-11-3-1-8(2-4-11)13(18)16(23)24-12-6-9(14(19)20)5-10(7-12)15(21)22/h1-7,13,18H,(H,19,20)(H,21,22). The van der Waals surface area contributed by atoms with Crippen LogP contribution in [0, 0.1) is 0 Å². The molecule has 0 bridgehead atoms. The van der Waals surface area contributed by atoms with Crippen molar-refractivity contribution in [3.8, 4) is 5.75 Å². The fourth-order valence-corrected chi connectivity index (χ4v) is 1.98. The molecule has 0 amide bonds. The van der Waals surface area contributed by atoms with Crippen LogP contribution in [0.3, 0.4) is 0 Å². The molecule has 0 radical (unpaired) electrons. The van der Waals surface area contributed by atoms with Gasteiger partial charge in [-0.25, -0.2) is 14.4 Å². The van der Waals surface area contributed by atoms with Gasteiger partial charge in [0.2, 0.25) is 0 Å². The highest BCUT2D eigenvalue weighted by molar-refractivity contribution is 6.30. The summed E-state index contributed by atoms with van der Waals surface area (Å²) in [5.41, 5.74) is -0.505. The van der Waals surface area contributed by atoms with Crippen LogP contribution in [0.2, 0.25) is 5.02 Å². The topological polar surface area (TPSA) is 121 Å². The van der Waals surface area contributed by atoms with Crippen molar-refractivity contribution in [2.45, 2.75) is 6.10 Å². The zero-order valence-corrected chi connectivity index (χ0v) is 12.7. The molecule has 2 aromatic rings. The average molecular weight is 351 g/mol. The Labute approximate surface area is 140 Å². The van der Waals surface area contributed by atoms with Crippen LogP contribution in [0.25, 0.3) is 0 Å². The van der Waals surface area contributed by atoms with Crippen LogP contribution < -0.4 is 4.74 Å². The molecule has 2 rings (SSSR count). The molecular weight excluding hydrogens is 340 g/mol. The molecule has 0 aliphatic heterocycles. The van der Waals surface area contributed by atoms with Gasteiger partial charge in [-0.15, -0.1) is 0 Å². The maximum Gasteiger partial charge on any atom is 0.345 e. The monoisotopic (exact) mass is 350 g/mol. The molecule has 7 nitrogen and oxygen atoms in total. The fraction of sp³-hybridized carbons (Fsp3) is 0.0625. The second kappa shape index (κ2) is 7.12. The summed E-state index contributed by atoms with van der Waals surface area (Å²) in [4.78, 5) is 34.0. The Hall–Kier alpha value is -2.90. The molecular formula is C16H11ClO7. The molecule has 0 spiro atoms. The summed E-state index contributed by atoms with van der Waals surface area (Å²) in [6.45, 7) is 0. The van der Waals surface area contributed by atoms with E-state index >= 15 is 0 Å². The number of aliphatic hydroxyl groups is 1. The fourth-order valence-electron chi connectivity index (χ4n) is 1.86. The Kier molecular flexibility index (Phi) is 5.18. The van der Waals surface area contributed by atoms with Crippen LogP contribution >= 0.6 is 11.6 Å². The molecule has 3 N–H and O–H groups in total. The molecule has 0 fully saturated rings. The first-order valence-electron chi connectivity index (χ1n) is 6.55. The number of ether oxygens (including phenoxy) is 1. The van der Waals surface area contributed by atoms with Gasteiger partial charge >= 0.3 is 17.9 Å². The smallest absolute Gasteiger partial charge is 0.345 e. The number of esters is 1. The second-order valence-electron chi connectivity index (χ2n) is 4.73. The van der Waals surface area contributed by atoms with E-state index < -0.39 is 24.0 Å². The number of hydrogen-bond donors (Lipinski definition) is 3. The predicted molar refractivity (Wildman–Crippen MR) is 82.4 cm³/mol. The van der Waals surface area contributed by atoms with E-state index in [1.807, 2.05) is 0 Å². The maximum absolute atomic E-state index is 12.0. The Balaban J connectivity index is 2.26. The first-order chi connectivity index (χ1) is 11.3. The summed E-state index contributed by atoms with van der Waals surface area (Å²) in [7, 11) is 0. The molecule has 124 valence electrons. The zero-order chi connectivity index (χ0) is 17.9. The number of carbonyl (C=O) groups excluding carboxylic acids is 1. The number of rotatable bonds is 5. The molecule has 8 heteroatoms. The van der Waals surface area contributed by atoms with Crippen LogP contribution in [-0.2, 0) is 4.79 Å². The third-order valence-corrected chi connectivity index (χ3v) is 3.28. The van der Waals surface area contributed by atoms with Crippen molar-refractivity contribution in [3.05, 3.63) is 64.2 Å². The summed E-state index contributed by atoms with van der Waals surface area (Å²) < 4.78 is 4.89. The van der Waals surface area contributed by atoms with E-state index in [2.05, 4.69) is 0 Å². The van der Waals surface area contributed by atoms with E-state index in [-0.39, 0.29) is 22.4 Å². The molecule has 0 heterocycles. The molecule has 0 saturated carbocycles. The van der Waals surface area contributed by atoms with E-state index in [9.17, 15) is 19.5 Å². The molecule has 0 aliphatic carbocycles. The molecule has 0 saturated heterocycles. The van der Waals surface area contributed by atoms with E-state index in [1.54, 1.807) is 0 Å². The highest BCUT2D eigenvalue weighted by Crippen LogP contribution is 2.22. The summed E-state index contributed by atoms with van der Waals surface area (Å²) in [5.74, 6) is -4.15. The van der Waals surface area contributed by atoms with Crippen LogP contribution in [0.15, 0.2) is 42.5 Å². The minimum atomic E-state index is -1.64. The summed E-state index contributed by atoms with van der Waals surface area (Å²) in [6, 6.07) is 8.69. The van der Waals surface area contributed by atoms with Gasteiger partial charge in [-0.3, -0.25) is 0 Å². The average Bonchev–Trinajstić information content (AvgIpc) is 2.54. The molecule has 0 aliphatic rings. The number of aromatic carboxylic acids is 2. The minimum Gasteiger partial charge on any atom is -0.478 e. The summed E-state index contributed by atoms with van der Waals surface area (Å²) in [5, 5.41) is 28.3. The first-order valence-corrected chi connectivity index (χ1v) is 6.92. The zero-order valence-electron chi connectivity index (χ0n) is 12.0. The van der Waals surface area contributed by atoms with Crippen molar-refractivity contribution in [3.63, 3.8) is 0 Å². The van der Waals surface area contributed by atoms with Gasteiger partial charge < -0.3 is 20.1 Å². The Morgan fingerprint density at radius 2 is 1.42 bits per heavy atom. The van der Waals surface area contributed by atoms with Crippen LogP contribution in [-0.4, -0.2) is 33.2 Å². The van der Waals surface area contributed by atoms with Crippen LogP contribution in [0.1, 0.15) is 32.4 Å². The van der Waals surface area contributed by atoms with Gasteiger partial charge in [0.1, 0.15) is 5.75 Å². The number of carboxylic acids is 2. The van der Waals surface area contributed by atoms with Gasteiger partial charge in [-0.1, -0.05) is 23.7 Å². The minimum absolute atomic E-state index is 0.220. The molecule has 2 aromatic carbocycles. The number of carboxylic acid groups (broad SMARTS) is 2. The van der Waals surface area contributed by atoms with Crippen LogP contribution in [0.5, 0.6) is 5.75 Å². The molecule has 1 atom stereocenters. The third-order valence-electron chi connectivity index (χ3n) is 3.03. The number of aliphatic hydroxyl groups excluding tert-OH is 1. The van der Waals surface area contributed by atoms with Crippen molar-refractivity contribution >= 4 is 29.5 Å². The van der Waals surface area contributed by atoms with Crippen molar-refractivity contribution in [2.75, 3.05) is 0 Å². The number of carbonyl (C=O) groups is 3. The first kappa shape index (κ1) is 17.5. The van der Waals surface area contributed by atoms with Crippen molar-refractivity contribution < 1.29 is 34.4 Å². The number of benzene rings is 2. The van der Waals surface area contributed by atoms with E-state index in [0.717, 1.165) is 18.2 Å². The van der Waals surface area contributed by atoms with Gasteiger partial charge in [0.25, 0.3) is 0 Å². The lowest BCUT2D eigenvalue weighted by Crippen LogP contribution is -2.19. The quantitative estimate of drug-likeness (QED) is 0.559. The van der Waals surface area contributed by atoms with Gasteiger partial charge in [0.05, 0.1) is 11.1 Å². The molecule has 0 aromatic heterocycles. The number of halogens is 1. The maximum atomic E-state index is 12.0. The Morgan fingerprint density at radius 1 is 0.917 bits per heavy atom. The van der Waals surface area contributed by atoms with Crippen molar-refractivity contribution in [1.82, 2.24) is 0 Å². The lowest BCUT2D eigenvalue weighted by molar-refractivity contribution is -0.144. The Bertz CT molecular complexity index is 766. The van der Waals surface area contributed by atoms with Gasteiger partial charge in [-0.2, -0.15) is 0 Å². The third kappa shape index (κ3) is 4.09. The van der Waals surface area contributed by atoms with Gasteiger partial charge in [0.15, 0.2) is 6.10 Å². The van der Waals surface area contributed by atoms with Gasteiger partial charge in [-0.05, 0) is 35.9 Å². The van der Waals surface area contributed by atoms with Crippen molar-refractivity contribution in [2.24, 2.45) is 0 Å². The summed E-state index contributed by atoms with van der Waals surface area (Å²) in [6.07, 6.45) is -1.64.